The minimum absolute atomic E-state index is 0.183. The van der Waals surface area contributed by atoms with Crippen LogP contribution in [0.25, 0.3) is 11.3 Å². The first-order chi connectivity index (χ1) is 9.21. The number of aryl methyl sites for hydroxylation is 1. The molecule has 19 heavy (non-hydrogen) atoms. The third-order valence-electron chi connectivity index (χ3n) is 3.16. The summed E-state index contributed by atoms with van der Waals surface area (Å²) in [4.78, 5) is 11.1. The fourth-order valence-electron chi connectivity index (χ4n) is 2.07. The highest BCUT2D eigenvalue weighted by molar-refractivity contribution is 9.09. The molecule has 2 rings (SSSR count). The molecule has 100 valence electrons. The molecule has 1 unspecified atom stereocenters. The van der Waals surface area contributed by atoms with Crippen molar-refractivity contribution in [2.75, 3.05) is 5.33 Å². The van der Waals surface area contributed by atoms with Crippen molar-refractivity contribution in [3.8, 4) is 11.3 Å². The third kappa shape index (κ3) is 2.77. The van der Waals surface area contributed by atoms with Crippen molar-refractivity contribution in [2.45, 2.75) is 12.5 Å². The van der Waals surface area contributed by atoms with E-state index in [0.717, 1.165) is 28.7 Å². The van der Waals surface area contributed by atoms with Gasteiger partial charge in [0.1, 0.15) is 6.29 Å². The molecule has 2 aromatic rings. The molecule has 0 saturated carbocycles. The van der Waals surface area contributed by atoms with Gasteiger partial charge in [-0.25, -0.2) is 0 Å². The lowest BCUT2D eigenvalue weighted by Crippen LogP contribution is -2.04. The summed E-state index contributed by atoms with van der Waals surface area (Å²) in [5, 5.41) is 4.86. The van der Waals surface area contributed by atoms with Gasteiger partial charge < -0.3 is 10.5 Å². The zero-order chi connectivity index (χ0) is 13.8. The first-order valence-electron chi connectivity index (χ1n) is 6.03. The van der Waals surface area contributed by atoms with E-state index in [1.165, 1.54) is 0 Å². The summed E-state index contributed by atoms with van der Waals surface area (Å²) < 4.78 is 1.80. The van der Waals surface area contributed by atoms with Crippen LogP contribution in [0.1, 0.15) is 17.0 Å². The SMILES string of the molecule is Cn1ncc(C(C=O)CBr)c1-c1ccc(CN)cc1. The van der Waals surface area contributed by atoms with Crippen LogP contribution in [-0.4, -0.2) is 21.4 Å². The second-order valence-electron chi connectivity index (χ2n) is 4.37. The van der Waals surface area contributed by atoms with Crippen molar-refractivity contribution in [3.63, 3.8) is 0 Å². The highest BCUT2D eigenvalue weighted by Crippen LogP contribution is 2.29. The van der Waals surface area contributed by atoms with Crippen LogP contribution in [0, 0.1) is 0 Å². The smallest absolute Gasteiger partial charge is 0.128 e. The van der Waals surface area contributed by atoms with Gasteiger partial charge in [0.05, 0.1) is 17.8 Å². The molecule has 0 fully saturated rings. The van der Waals surface area contributed by atoms with E-state index < -0.39 is 0 Å². The number of halogens is 1. The summed E-state index contributed by atoms with van der Waals surface area (Å²) in [5.41, 5.74) is 9.64. The van der Waals surface area contributed by atoms with Crippen LogP contribution in [-0.2, 0) is 18.4 Å². The standard InChI is InChI=1S/C14H16BrN3O/c1-18-14(11-4-2-10(7-16)3-5-11)13(8-17-18)12(6-15)9-19/h2-5,8-9,12H,6-7,16H2,1H3. The van der Waals surface area contributed by atoms with Crippen LogP contribution < -0.4 is 5.73 Å². The molecule has 0 radical (unpaired) electrons. The summed E-state index contributed by atoms with van der Waals surface area (Å²) >= 11 is 3.37. The van der Waals surface area contributed by atoms with Gasteiger partial charge in [-0.05, 0) is 5.56 Å². The Morgan fingerprint density at radius 2 is 2.11 bits per heavy atom. The van der Waals surface area contributed by atoms with Crippen LogP contribution in [0.2, 0.25) is 0 Å². The normalized spacial score (nSPS) is 12.4. The monoisotopic (exact) mass is 321 g/mol. The Bertz CT molecular complexity index is 563. The molecule has 0 aliphatic heterocycles. The lowest BCUT2D eigenvalue weighted by atomic mass is 9.98. The van der Waals surface area contributed by atoms with Gasteiger partial charge in [0.2, 0.25) is 0 Å². The molecular weight excluding hydrogens is 306 g/mol. The van der Waals surface area contributed by atoms with E-state index in [1.807, 2.05) is 31.3 Å². The molecule has 0 bridgehead atoms. The van der Waals surface area contributed by atoms with Gasteiger partial charge in [0.25, 0.3) is 0 Å². The summed E-state index contributed by atoms with van der Waals surface area (Å²) in [6.07, 6.45) is 2.70. The van der Waals surface area contributed by atoms with E-state index in [0.29, 0.717) is 11.9 Å². The average Bonchev–Trinajstić information content (AvgIpc) is 2.82. The van der Waals surface area contributed by atoms with E-state index in [-0.39, 0.29) is 5.92 Å². The number of nitrogens with two attached hydrogens (primary N) is 1. The van der Waals surface area contributed by atoms with E-state index >= 15 is 0 Å². The maximum atomic E-state index is 11.1. The Kier molecular flexibility index (Phi) is 4.50. The van der Waals surface area contributed by atoms with Gasteiger partial charge in [0.15, 0.2) is 0 Å². The second kappa shape index (κ2) is 6.12. The number of aldehydes is 1. The minimum atomic E-state index is -0.183. The van der Waals surface area contributed by atoms with Crippen molar-refractivity contribution in [1.82, 2.24) is 9.78 Å². The lowest BCUT2D eigenvalue weighted by molar-refractivity contribution is -0.108. The van der Waals surface area contributed by atoms with E-state index in [2.05, 4.69) is 21.0 Å². The van der Waals surface area contributed by atoms with E-state index in [1.54, 1.807) is 10.9 Å². The molecule has 0 amide bonds. The highest BCUT2D eigenvalue weighted by Gasteiger charge is 2.18. The first-order valence-corrected chi connectivity index (χ1v) is 7.16. The van der Waals surface area contributed by atoms with Gasteiger partial charge in [0, 0.05) is 30.0 Å². The first kappa shape index (κ1) is 14.0. The summed E-state index contributed by atoms with van der Waals surface area (Å²) in [6, 6.07) is 8.02. The number of benzene rings is 1. The molecule has 1 heterocycles. The van der Waals surface area contributed by atoms with Crippen molar-refractivity contribution in [3.05, 3.63) is 41.6 Å². The Balaban J connectivity index is 2.48. The Labute approximate surface area is 120 Å². The zero-order valence-electron chi connectivity index (χ0n) is 10.7. The van der Waals surface area contributed by atoms with Crippen LogP contribution >= 0.6 is 15.9 Å². The van der Waals surface area contributed by atoms with Crippen molar-refractivity contribution < 1.29 is 4.79 Å². The summed E-state index contributed by atoms with van der Waals surface area (Å²) in [5.74, 6) is -0.183. The van der Waals surface area contributed by atoms with Crippen LogP contribution in [0.4, 0.5) is 0 Å². The number of hydrogen-bond donors (Lipinski definition) is 1. The summed E-state index contributed by atoms with van der Waals surface area (Å²) in [6.45, 7) is 0.525. The molecule has 2 N–H and O–H groups in total. The van der Waals surface area contributed by atoms with Crippen molar-refractivity contribution in [1.29, 1.82) is 0 Å². The predicted molar refractivity (Wildman–Crippen MR) is 79.1 cm³/mol. The van der Waals surface area contributed by atoms with Crippen LogP contribution in [0.5, 0.6) is 0 Å². The second-order valence-corrected chi connectivity index (χ2v) is 5.02. The number of alkyl halides is 1. The molecule has 0 saturated heterocycles. The number of carbonyl (C=O) groups is 1. The lowest BCUT2D eigenvalue weighted by Gasteiger charge is -2.10. The largest absolute Gasteiger partial charge is 0.326 e. The third-order valence-corrected chi connectivity index (χ3v) is 3.86. The van der Waals surface area contributed by atoms with Crippen LogP contribution in [0.15, 0.2) is 30.5 Å². The fourth-order valence-corrected chi connectivity index (χ4v) is 2.57. The number of rotatable bonds is 5. The van der Waals surface area contributed by atoms with Gasteiger partial charge in [-0.3, -0.25) is 4.68 Å². The van der Waals surface area contributed by atoms with E-state index in [4.69, 9.17) is 5.73 Å². The topological polar surface area (TPSA) is 60.9 Å². The maximum absolute atomic E-state index is 11.1. The number of hydrogen-bond acceptors (Lipinski definition) is 3. The van der Waals surface area contributed by atoms with Gasteiger partial charge in [-0.1, -0.05) is 40.2 Å². The van der Waals surface area contributed by atoms with Gasteiger partial charge >= 0.3 is 0 Å². The Hall–Kier alpha value is -1.46. The highest BCUT2D eigenvalue weighted by atomic mass is 79.9. The van der Waals surface area contributed by atoms with Crippen molar-refractivity contribution in [2.24, 2.45) is 12.8 Å². The molecular formula is C14H16BrN3O. The zero-order valence-corrected chi connectivity index (χ0v) is 12.3. The molecule has 0 aliphatic rings. The van der Waals surface area contributed by atoms with Gasteiger partial charge in [-0.2, -0.15) is 5.10 Å². The molecule has 1 aromatic heterocycles. The Morgan fingerprint density at radius 1 is 1.42 bits per heavy atom. The molecule has 5 heteroatoms. The van der Waals surface area contributed by atoms with Gasteiger partial charge in [-0.15, -0.1) is 0 Å². The van der Waals surface area contributed by atoms with Crippen LogP contribution in [0.3, 0.4) is 0 Å². The molecule has 1 aromatic carbocycles. The quantitative estimate of drug-likeness (QED) is 0.678. The number of carbonyl (C=O) groups excluding carboxylic acids is 1. The predicted octanol–water partition coefficient (Wildman–Crippen LogP) is 2.22. The van der Waals surface area contributed by atoms with Crippen molar-refractivity contribution >= 4 is 22.2 Å². The van der Waals surface area contributed by atoms with E-state index in [9.17, 15) is 4.79 Å². The maximum Gasteiger partial charge on any atom is 0.128 e. The number of nitrogens with zero attached hydrogens (tertiary/aromatic N) is 2. The molecule has 0 aliphatic carbocycles. The molecule has 1 atom stereocenters. The minimum Gasteiger partial charge on any atom is -0.326 e. The molecule has 4 nitrogen and oxygen atoms in total. The average molecular weight is 322 g/mol. The number of aromatic nitrogens is 2. The molecule has 0 spiro atoms. The fraction of sp³-hybridized carbons (Fsp3) is 0.286. The Morgan fingerprint density at radius 3 is 2.63 bits per heavy atom. The summed E-state index contributed by atoms with van der Waals surface area (Å²) in [7, 11) is 1.88.